The Bertz CT molecular complexity index is 1570. The Balaban J connectivity index is 1.28. The van der Waals surface area contributed by atoms with E-state index < -0.39 is 11.9 Å². The number of carboxylic acid groups (broad SMARTS) is 1. The summed E-state index contributed by atoms with van der Waals surface area (Å²) in [4.78, 5) is 58.8. The maximum Gasteiger partial charge on any atom is 0.304 e. The van der Waals surface area contributed by atoms with E-state index in [1.54, 1.807) is 34.5 Å². The molecule has 1 aliphatic heterocycles. The number of carbonyl (C=O) groups is 3. The lowest BCUT2D eigenvalue weighted by atomic mass is 9.99. The Morgan fingerprint density at radius 2 is 1.83 bits per heavy atom. The molecule has 1 atom stereocenters. The Labute approximate surface area is 240 Å². The summed E-state index contributed by atoms with van der Waals surface area (Å²) in [7, 11) is 0. The van der Waals surface area contributed by atoms with Crippen molar-refractivity contribution >= 4 is 40.1 Å². The third kappa shape index (κ3) is 5.85. The van der Waals surface area contributed by atoms with Gasteiger partial charge >= 0.3 is 5.97 Å². The van der Waals surface area contributed by atoms with Gasteiger partial charge in [-0.1, -0.05) is 24.3 Å². The second-order valence-corrected chi connectivity index (χ2v) is 11.1. The number of aliphatic carboxylic acids is 1. The van der Waals surface area contributed by atoms with Crippen molar-refractivity contribution in [1.29, 1.82) is 0 Å². The van der Waals surface area contributed by atoms with Gasteiger partial charge in [0.05, 0.1) is 18.0 Å². The lowest BCUT2D eigenvalue weighted by Gasteiger charge is -2.24. The Morgan fingerprint density at radius 1 is 1.05 bits per heavy atom. The summed E-state index contributed by atoms with van der Waals surface area (Å²) in [6.45, 7) is 0.686. The van der Waals surface area contributed by atoms with Crippen molar-refractivity contribution in [2.24, 2.45) is 5.92 Å². The van der Waals surface area contributed by atoms with Crippen LogP contribution in [0, 0.1) is 5.92 Å². The molecule has 11 heteroatoms. The van der Waals surface area contributed by atoms with E-state index in [0.29, 0.717) is 29.7 Å². The average molecular weight is 569 g/mol. The first-order valence-electron chi connectivity index (χ1n) is 13.6. The minimum atomic E-state index is -1.04. The predicted molar refractivity (Wildman–Crippen MR) is 154 cm³/mol. The monoisotopic (exact) mass is 568 g/mol. The maximum absolute atomic E-state index is 13.8. The van der Waals surface area contributed by atoms with Crippen molar-refractivity contribution in [2.75, 3.05) is 16.3 Å². The molecule has 3 aromatic heterocycles. The summed E-state index contributed by atoms with van der Waals surface area (Å²) >= 11 is 1.37. The SMILES string of the molecule is O=C(O)C[C@@H](Cc1ncccn1)C(=O)N(c1nc(-c2ccccc2-c2ccc(N3CCCC3=O)nc2)cs1)C1CC1. The number of rotatable bonds is 10. The van der Waals surface area contributed by atoms with Crippen molar-refractivity contribution < 1.29 is 19.5 Å². The summed E-state index contributed by atoms with van der Waals surface area (Å²) in [6, 6.07) is 13.4. The van der Waals surface area contributed by atoms with Crippen molar-refractivity contribution in [3.8, 4) is 22.4 Å². The highest BCUT2D eigenvalue weighted by atomic mass is 32.1. The van der Waals surface area contributed by atoms with Gasteiger partial charge in [0.1, 0.15) is 11.6 Å². The number of carboxylic acids is 1. The van der Waals surface area contributed by atoms with Gasteiger partial charge in [0, 0.05) is 60.5 Å². The molecule has 1 saturated heterocycles. The Hall–Kier alpha value is -4.51. The average Bonchev–Trinajstić information content (AvgIpc) is 3.53. The smallest absolute Gasteiger partial charge is 0.304 e. The van der Waals surface area contributed by atoms with E-state index in [1.807, 2.05) is 41.8 Å². The van der Waals surface area contributed by atoms with E-state index in [-0.39, 0.29) is 30.7 Å². The first-order chi connectivity index (χ1) is 20.0. The summed E-state index contributed by atoms with van der Waals surface area (Å²) in [5.41, 5.74) is 3.44. The van der Waals surface area contributed by atoms with Gasteiger partial charge in [-0.15, -0.1) is 11.3 Å². The summed E-state index contributed by atoms with van der Waals surface area (Å²) in [5.74, 6) is -0.935. The van der Waals surface area contributed by atoms with Crippen LogP contribution in [0.4, 0.5) is 10.9 Å². The molecule has 6 rings (SSSR count). The van der Waals surface area contributed by atoms with Crippen molar-refractivity contribution in [2.45, 2.75) is 44.6 Å². The lowest BCUT2D eigenvalue weighted by Crippen LogP contribution is -2.40. The molecule has 41 heavy (non-hydrogen) atoms. The fraction of sp³-hybridized carbons (Fsp3) is 0.300. The summed E-state index contributed by atoms with van der Waals surface area (Å²) < 4.78 is 0. The van der Waals surface area contributed by atoms with E-state index in [0.717, 1.165) is 41.6 Å². The van der Waals surface area contributed by atoms with Crippen molar-refractivity contribution in [3.05, 3.63) is 72.3 Å². The van der Waals surface area contributed by atoms with Gasteiger partial charge in [-0.25, -0.2) is 19.9 Å². The molecule has 2 aliphatic rings. The zero-order valence-corrected chi connectivity index (χ0v) is 23.0. The molecule has 4 aromatic rings. The van der Waals surface area contributed by atoms with Crippen LogP contribution in [0.3, 0.4) is 0 Å². The van der Waals surface area contributed by atoms with Gasteiger partial charge in [0.15, 0.2) is 5.13 Å². The van der Waals surface area contributed by atoms with E-state index >= 15 is 0 Å². The van der Waals surface area contributed by atoms with Crippen molar-refractivity contribution in [1.82, 2.24) is 19.9 Å². The molecule has 4 heterocycles. The van der Waals surface area contributed by atoms with Gasteiger partial charge in [-0.2, -0.15) is 0 Å². The topological polar surface area (TPSA) is 129 Å². The molecule has 10 nitrogen and oxygen atoms in total. The molecule has 1 saturated carbocycles. The standard InChI is InChI=1S/C30H28N6O4S/c37-27-7-3-14-35(27)26-11-8-19(17-33-26)22-5-1-2-6-23(22)24-18-41-30(34-24)36(21-9-10-21)29(40)20(16-28(38)39)15-25-31-12-4-13-32-25/h1-2,4-6,8,11-13,17-18,20-21H,3,7,9-10,14-16H2,(H,38,39)/t20-/m1/s1. The maximum atomic E-state index is 13.8. The predicted octanol–water partition coefficient (Wildman–Crippen LogP) is 4.62. The highest BCUT2D eigenvalue weighted by molar-refractivity contribution is 7.14. The number of carbonyl (C=O) groups excluding carboxylic acids is 2. The highest BCUT2D eigenvalue weighted by Gasteiger charge is 2.39. The molecule has 1 aromatic carbocycles. The van der Waals surface area contributed by atoms with E-state index in [2.05, 4.69) is 15.0 Å². The Kier molecular flexibility index (Phi) is 7.51. The van der Waals surface area contributed by atoms with Crippen LogP contribution in [0.5, 0.6) is 0 Å². The normalized spacial score (nSPS) is 15.6. The van der Waals surface area contributed by atoms with Gasteiger partial charge < -0.3 is 5.11 Å². The fourth-order valence-corrected chi connectivity index (χ4v) is 6.03. The molecular weight excluding hydrogens is 540 g/mol. The van der Waals surface area contributed by atoms with Crippen LogP contribution in [0.25, 0.3) is 22.4 Å². The molecule has 0 unspecified atom stereocenters. The third-order valence-corrected chi connectivity index (χ3v) is 8.12. The number of hydrogen-bond donors (Lipinski definition) is 1. The van der Waals surface area contributed by atoms with Gasteiger partial charge in [-0.05, 0) is 43.0 Å². The number of aromatic nitrogens is 4. The molecule has 0 spiro atoms. The second-order valence-electron chi connectivity index (χ2n) is 10.2. The second kappa shape index (κ2) is 11.5. The van der Waals surface area contributed by atoms with Crippen LogP contribution in [0.15, 0.2) is 66.4 Å². The third-order valence-electron chi connectivity index (χ3n) is 7.28. The van der Waals surface area contributed by atoms with E-state index in [9.17, 15) is 19.5 Å². The minimum Gasteiger partial charge on any atom is -0.481 e. The quantitative estimate of drug-likeness (QED) is 0.293. The first kappa shape index (κ1) is 26.7. The zero-order valence-electron chi connectivity index (χ0n) is 22.2. The number of amides is 2. The number of pyridine rings is 1. The first-order valence-corrected chi connectivity index (χ1v) is 14.5. The number of thiazole rings is 1. The molecular formula is C30H28N6O4S. The molecule has 208 valence electrons. The summed E-state index contributed by atoms with van der Waals surface area (Å²) in [5, 5.41) is 12.0. The number of hydrogen-bond acceptors (Lipinski definition) is 8. The van der Waals surface area contributed by atoms with Crippen LogP contribution in [-0.2, 0) is 20.8 Å². The van der Waals surface area contributed by atoms with Crippen LogP contribution in [0.2, 0.25) is 0 Å². The molecule has 0 bridgehead atoms. The Morgan fingerprint density at radius 3 is 2.49 bits per heavy atom. The van der Waals surface area contributed by atoms with Crippen LogP contribution < -0.4 is 9.80 Å². The molecule has 2 amide bonds. The highest BCUT2D eigenvalue weighted by Crippen LogP contribution is 2.39. The number of anilines is 2. The number of nitrogens with zero attached hydrogens (tertiary/aromatic N) is 6. The lowest BCUT2D eigenvalue weighted by molar-refractivity contribution is -0.140. The van der Waals surface area contributed by atoms with Gasteiger partial charge in [0.25, 0.3) is 0 Å². The molecule has 1 N–H and O–H groups in total. The minimum absolute atomic E-state index is 0.00484. The van der Waals surface area contributed by atoms with E-state index in [1.165, 1.54) is 11.3 Å². The molecule has 1 aliphatic carbocycles. The molecule has 2 fully saturated rings. The number of benzene rings is 1. The summed E-state index contributed by atoms with van der Waals surface area (Å²) in [6.07, 6.45) is 7.86. The van der Waals surface area contributed by atoms with Crippen LogP contribution in [0.1, 0.15) is 37.9 Å². The van der Waals surface area contributed by atoms with Crippen molar-refractivity contribution in [3.63, 3.8) is 0 Å². The molecule has 0 radical (unpaired) electrons. The van der Waals surface area contributed by atoms with Crippen LogP contribution in [-0.4, -0.2) is 55.4 Å². The zero-order chi connectivity index (χ0) is 28.3. The van der Waals surface area contributed by atoms with Crippen LogP contribution >= 0.6 is 11.3 Å². The van der Waals surface area contributed by atoms with Gasteiger partial charge in [-0.3, -0.25) is 24.2 Å². The largest absolute Gasteiger partial charge is 0.481 e. The fourth-order valence-electron chi connectivity index (χ4n) is 5.13. The van der Waals surface area contributed by atoms with Gasteiger partial charge in [0.2, 0.25) is 11.8 Å². The van der Waals surface area contributed by atoms with E-state index in [4.69, 9.17) is 4.98 Å².